The van der Waals surface area contributed by atoms with Crippen molar-refractivity contribution in [1.29, 1.82) is 0 Å². The molecule has 3 nitrogen and oxygen atoms in total. The Balaban J connectivity index is 2.67. The van der Waals surface area contributed by atoms with E-state index in [0.29, 0.717) is 6.04 Å². The molecule has 1 N–H and O–H groups in total. The summed E-state index contributed by atoms with van der Waals surface area (Å²) >= 11 is 0. The lowest BCUT2D eigenvalue weighted by Crippen LogP contribution is -2.16. The van der Waals surface area contributed by atoms with Gasteiger partial charge < -0.3 is 10.1 Å². The monoisotopic (exact) mass is 222 g/mol. The van der Waals surface area contributed by atoms with E-state index in [1.807, 2.05) is 25.4 Å². The van der Waals surface area contributed by atoms with Crippen molar-refractivity contribution in [3.8, 4) is 5.75 Å². The van der Waals surface area contributed by atoms with Gasteiger partial charge in [0, 0.05) is 6.04 Å². The van der Waals surface area contributed by atoms with E-state index in [4.69, 9.17) is 4.74 Å². The van der Waals surface area contributed by atoms with Crippen LogP contribution in [0.1, 0.15) is 45.3 Å². The van der Waals surface area contributed by atoms with Gasteiger partial charge in [-0.15, -0.1) is 0 Å². The van der Waals surface area contributed by atoms with E-state index < -0.39 is 0 Å². The van der Waals surface area contributed by atoms with Crippen molar-refractivity contribution in [1.82, 2.24) is 10.3 Å². The molecule has 1 aromatic rings. The first-order valence-corrected chi connectivity index (χ1v) is 6.01. The molecule has 1 rings (SSSR count). The van der Waals surface area contributed by atoms with Crippen molar-refractivity contribution in [3.05, 3.63) is 24.0 Å². The highest BCUT2D eigenvalue weighted by molar-refractivity contribution is 5.21. The van der Waals surface area contributed by atoms with Crippen LogP contribution in [-0.2, 0) is 0 Å². The van der Waals surface area contributed by atoms with Crippen molar-refractivity contribution in [2.75, 3.05) is 7.05 Å². The number of nitrogens with zero attached hydrogens (tertiary/aromatic N) is 1. The Morgan fingerprint density at radius 2 is 2.06 bits per heavy atom. The average Bonchev–Trinajstić information content (AvgIpc) is 2.32. The number of hydrogen-bond donors (Lipinski definition) is 1. The highest BCUT2D eigenvalue weighted by Crippen LogP contribution is 2.17. The minimum atomic E-state index is 0.249. The van der Waals surface area contributed by atoms with Gasteiger partial charge in [-0.05, 0) is 38.9 Å². The molecule has 0 saturated heterocycles. The van der Waals surface area contributed by atoms with Crippen molar-refractivity contribution < 1.29 is 4.74 Å². The maximum atomic E-state index is 5.68. The van der Waals surface area contributed by atoms with Gasteiger partial charge in [0.25, 0.3) is 0 Å². The predicted octanol–water partition coefficient (Wildman–Crippen LogP) is 2.93. The van der Waals surface area contributed by atoms with Crippen LogP contribution in [0.15, 0.2) is 18.3 Å². The summed E-state index contributed by atoms with van der Waals surface area (Å²) in [6.45, 7) is 6.32. The Bertz CT molecular complexity index is 293. The van der Waals surface area contributed by atoms with Gasteiger partial charge in [-0.3, -0.25) is 4.98 Å². The third-order valence-electron chi connectivity index (χ3n) is 2.79. The highest BCUT2D eigenvalue weighted by Gasteiger charge is 2.08. The SMILES string of the molecule is CCC(C)Oc1ccc(C(CC)NC)nc1. The maximum Gasteiger partial charge on any atom is 0.138 e. The van der Waals surface area contributed by atoms with Gasteiger partial charge in [0.2, 0.25) is 0 Å². The standard InChI is InChI=1S/C13H22N2O/c1-5-10(3)16-11-7-8-13(15-9-11)12(6-2)14-4/h7-10,12,14H,5-6H2,1-4H3. The number of ether oxygens (including phenoxy) is 1. The van der Waals surface area contributed by atoms with Gasteiger partial charge >= 0.3 is 0 Å². The van der Waals surface area contributed by atoms with Crippen molar-refractivity contribution in [3.63, 3.8) is 0 Å². The fourth-order valence-corrected chi connectivity index (χ4v) is 1.54. The summed E-state index contributed by atoms with van der Waals surface area (Å²) in [6, 6.07) is 4.36. The molecule has 1 heterocycles. The molecule has 0 aliphatic carbocycles. The third kappa shape index (κ3) is 3.49. The zero-order chi connectivity index (χ0) is 12.0. The third-order valence-corrected chi connectivity index (χ3v) is 2.79. The molecule has 0 radical (unpaired) electrons. The van der Waals surface area contributed by atoms with Crippen LogP contribution in [-0.4, -0.2) is 18.1 Å². The minimum Gasteiger partial charge on any atom is -0.489 e. The van der Waals surface area contributed by atoms with Crippen LogP contribution in [0.25, 0.3) is 0 Å². The highest BCUT2D eigenvalue weighted by atomic mass is 16.5. The molecule has 0 bridgehead atoms. The second-order valence-electron chi connectivity index (χ2n) is 4.00. The van der Waals surface area contributed by atoms with Gasteiger partial charge in [-0.1, -0.05) is 13.8 Å². The Morgan fingerprint density at radius 3 is 2.50 bits per heavy atom. The zero-order valence-corrected chi connectivity index (χ0v) is 10.7. The molecule has 0 amide bonds. The van der Waals surface area contributed by atoms with Gasteiger partial charge in [0.05, 0.1) is 18.0 Å². The summed E-state index contributed by atoms with van der Waals surface area (Å²) in [5.74, 6) is 0.851. The molecule has 0 aliphatic rings. The summed E-state index contributed by atoms with van der Waals surface area (Å²) in [7, 11) is 1.96. The molecule has 0 fully saturated rings. The molecule has 1 aromatic heterocycles. The molecular formula is C13H22N2O. The van der Waals surface area contributed by atoms with Crippen LogP contribution in [0.2, 0.25) is 0 Å². The Labute approximate surface area is 98.2 Å². The fourth-order valence-electron chi connectivity index (χ4n) is 1.54. The lowest BCUT2D eigenvalue weighted by atomic mass is 10.1. The summed E-state index contributed by atoms with van der Waals surface area (Å²) in [4.78, 5) is 4.42. The molecule has 90 valence electrons. The summed E-state index contributed by atoms with van der Waals surface area (Å²) in [5.41, 5.74) is 1.07. The van der Waals surface area contributed by atoms with Gasteiger partial charge in [-0.25, -0.2) is 0 Å². The van der Waals surface area contributed by atoms with Crippen LogP contribution in [0, 0.1) is 0 Å². The largest absolute Gasteiger partial charge is 0.489 e. The summed E-state index contributed by atoms with van der Waals surface area (Å²) in [5, 5.41) is 3.24. The van der Waals surface area contributed by atoms with Crippen molar-refractivity contribution in [2.45, 2.75) is 45.8 Å². The number of rotatable bonds is 6. The first-order chi connectivity index (χ1) is 7.71. The van der Waals surface area contributed by atoms with E-state index in [1.54, 1.807) is 0 Å². The molecular weight excluding hydrogens is 200 g/mol. The molecule has 0 saturated carbocycles. The second kappa shape index (κ2) is 6.48. The Hall–Kier alpha value is -1.09. The first kappa shape index (κ1) is 13.0. The van der Waals surface area contributed by atoms with Gasteiger partial charge in [0.15, 0.2) is 0 Å². The van der Waals surface area contributed by atoms with Crippen LogP contribution in [0.5, 0.6) is 5.75 Å². The smallest absolute Gasteiger partial charge is 0.138 e. The van der Waals surface area contributed by atoms with Crippen molar-refractivity contribution in [2.24, 2.45) is 0 Å². The molecule has 2 unspecified atom stereocenters. The Morgan fingerprint density at radius 1 is 1.31 bits per heavy atom. The van der Waals surface area contributed by atoms with Crippen LogP contribution < -0.4 is 10.1 Å². The number of nitrogens with one attached hydrogen (secondary N) is 1. The van der Waals surface area contributed by atoms with Crippen LogP contribution >= 0.6 is 0 Å². The summed E-state index contributed by atoms with van der Waals surface area (Å²) < 4.78 is 5.68. The molecule has 3 heteroatoms. The molecule has 0 aromatic carbocycles. The number of aromatic nitrogens is 1. The first-order valence-electron chi connectivity index (χ1n) is 6.01. The topological polar surface area (TPSA) is 34.1 Å². The van der Waals surface area contributed by atoms with Crippen molar-refractivity contribution >= 4 is 0 Å². The molecule has 16 heavy (non-hydrogen) atoms. The van der Waals surface area contributed by atoms with E-state index in [2.05, 4.69) is 31.1 Å². The predicted molar refractivity (Wildman–Crippen MR) is 66.7 cm³/mol. The van der Waals surface area contributed by atoms with E-state index in [9.17, 15) is 0 Å². The van der Waals surface area contributed by atoms with Gasteiger partial charge in [0.1, 0.15) is 5.75 Å². The van der Waals surface area contributed by atoms with Crippen LogP contribution in [0.3, 0.4) is 0 Å². The average molecular weight is 222 g/mol. The van der Waals surface area contributed by atoms with E-state index in [1.165, 1.54) is 0 Å². The lowest BCUT2D eigenvalue weighted by molar-refractivity contribution is 0.216. The lowest BCUT2D eigenvalue weighted by Gasteiger charge is -2.15. The van der Waals surface area contributed by atoms with E-state index >= 15 is 0 Å². The summed E-state index contributed by atoms with van der Waals surface area (Å²) in [6.07, 6.45) is 4.10. The fraction of sp³-hybridized carbons (Fsp3) is 0.615. The molecule has 0 spiro atoms. The molecule has 0 aliphatic heterocycles. The van der Waals surface area contributed by atoms with E-state index in [-0.39, 0.29) is 6.10 Å². The minimum absolute atomic E-state index is 0.249. The molecule has 2 atom stereocenters. The number of hydrogen-bond acceptors (Lipinski definition) is 3. The normalized spacial score (nSPS) is 14.5. The Kier molecular flexibility index (Phi) is 5.26. The van der Waals surface area contributed by atoms with Crippen LogP contribution in [0.4, 0.5) is 0 Å². The number of pyridine rings is 1. The maximum absolute atomic E-state index is 5.68. The second-order valence-corrected chi connectivity index (χ2v) is 4.00. The van der Waals surface area contributed by atoms with Gasteiger partial charge in [-0.2, -0.15) is 0 Å². The zero-order valence-electron chi connectivity index (χ0n) is 10.7. The quantitative estimate of drug-likeness (QED) is 0.803. The van der Waals surface area contributed by atoms with E-state index in [0.717, 1.165) is 24.3 Å².